The first-order valence-corrected chi connectivity index (χ1v) is 15.4. The molecule has 10 heteroatoms. The van der Waals surface area contributed by atoms with Gasteiger partial charge in [0.15, 0.2) is 8.32 Å². The molecule has 7 nitrogen and oxygen atoms in total. The van der Waals surface area contributed by atoms with Crippen molar-refractivity contribution >= 4 is 47.4 Å². The number of hydrogen-bond acceptors (Lipinski definition) is 5. The van der Waals surface area contributed by atoms with Crippen LogP contribution in [0.2, 0.25) is 23.2 Å². The topological polar surface area (TPSA) is 96.9 Å². The van der Waals surface area contributed by atoms with E-state index >= 15 is 0 Å². The summed E-state index contributed by atoms with van der Waals surface area (Å²) in [4.78, 5) is 12.8. The van der Waals surface area contributed by atoms with Crippen LogP contribution in [0.25, 0.3) is 0 Å². The first-order valence-electron chi connectivity index (χ1n) is 10.7. The molecule has 2 aromatic rings. The number of carbonyl (C=O) groups excluding carboxylic acids is 1. The number of hydrogen-bond donors (Lipinski definition) is 2. The van der Waals surface area contributed by atoms with Gasteiger partial charge in [0.05, 0.1) is 5.69 Å². The van der Waals surface area contributed by atoms with Gasteiger partial charge < -0.3 is 15.1 Å². The van der Waals surface area contributed by atoms with Crippen LogP contribution >= 0.6 is 11.6 Å². The minimum atomic E-state index is -4.03. The Morgan fingerprint density at radius 3 is 2.48 bits per heavy atom. The van der Waals surface area contributed by atoms with Gasteiger partial charge in [0.1, 0.15) is 4.90 Å². The van der Waals surface area contributed by atoms with Crippen molar-refractivity contribution in [2.24, 2.45) is 4.40 Å². The third-order valence-corrected chi connectivity index (χ3v) is 12.2. The SMILES string of the molecule is CC(C)(C)[Si](C)(C)OCC(CNC(=O)C1=NS(=O)(=O)c2cc(Cl)ccc2N1)c1ccccc1. The van der Waals surface area contributed by atoms with Crippen LogP contribution in [0.4, 0.5) is 5.69 Å². The average molecular weight is 508 g/mol. The molecular formula is C23H30ClN3O4SSi. The average Bonchev–Trinajstić information content (AvgIpc) is 2.73. The zero-order chi connectivity index (χ0) is 24.4. The van der Waals surface area contributed by atoms with Crippen LogP contribution in [-0.2, 0) is 19.2 Å². The van der Waals surface area contributed by atoms with E-state index in [9.17, 15) is 13.2 Å². The van der Waals surface area contributed by atoms with E-state index < -0.39 is 24.2 Å². The van der Waals surface area contributed by atoms with Crippen molar-refractivity contribution in [1.82, 2.24) is 5.32 Å². The lowest BCUT2D eigenvalue weighted by atomic mass is 10.0. The minimum absolute atomic E-state index is 0.0584. The number of anilines is 1. The second kappa shape index (κ2) is 9.58. The number of nitrogens with one attached hydrogen (secondary N) is 2. The maximum atomic E-state index is 12.8. The second-order valence-electron chi connectivity index (χ2n) is 9.57. The molecule has 0 saturated heterocycles. The van der Waals surface area contributed by atoms with Crippen molar-refractivity contribution in [3.8, 4) is 0 Å². The Labute approximate surface area is 201 Å². The number of benzene rings is 2. The Balaban J connectivity index is 1.75. The largest absolute Gasteiger partial charge is 0.416 e. The molecule has 0 fully saturated rings. The summed E-state index contributed by atoms with van der Waals surface area (Å²) in [5, 5.41) is 5.94. The van der Waals surface area contributed by atoms with Crippen LogP contribution in [0, 0.1) is 0 Å². The van der Waals surface area contributed by atoms with Crippen molar-refractivity contribution in [3.05, 3.63) is 59.1 Å². The lowest BCUT2D eigenvalue weighted by molar-refractivity contribution is -0.114. The number of halogens is 1. The smallest absolute Gasteiger partial charge is 0.287 e. The molecule has 178 valence electrons. The summed E-state index contributed by atoms with van der Waals surface area (Å²) in [6.07, 6.45) is 0. The molecule has 1 amide bonds. The van der Waals surface area contributed by atoms with E-state index in [2.05, 4.69) is 48.9 Å². The van der Waals surface area contributed by atoms with Gasteiger partial charge in [-0.2, -0.15) is 8.42 Å². The maximum Gasteiger partial charge on any atom is 0.287 e. The van der Waals surface area contributed by atoms with E-state index in [1.807, 2.05) is 30.3 Å². The van der Waals surface area contributed by atoms with Crippen LogP contribution in [0.3, 0.4) is 0 Å². The summed E-state index contributed by atoms with van der Waals surface area (Å²) in [5.41, 5.74) is 1.29. The van der Waals surface area contributed by atoms with Gasteiger partial charge in [0.25, 0.3) is 15.9 Å². The van der Waals surface area contributed by atoms with E-state index in [1.165, 1.54) is 12.1 Å². The molecular weight excluding hydrogens is 478 g/mol. The number of amides is 1. The van der Waals surface area contributed by atoms with Crippen molar-refractivity contribution in [3.63, 3.8) is 0 Å². The summed E-state index contributed by atoms with van der Waals surface area (Å²) in [5.74, 6) is -0.981. The van der Waals surface area contributed by atoms with Crippen LogP contribution in [0.15, 0.2) is 57.8 Å². The Hall–Kier alpha value is -2.20. The van der Waals surface area contributed by atoms with E-state index in [0.717, 1.165) is 5.56 Å². The highest BCUT2D eigenvalue weighted by molar-refractivity contribution is 7.90. The van der Waals surface area contributed by atoms with Crippen LogP contribution in [0.1, 0.15) is 32.3 Å². The van der Waals surface area contributed by atoms with E-state index in [0.29, 0.717) is 6.61 Å². The molecule has 1 heterocycles. The maximum absolute atomic E-state index is 12.8. The van der Waals surface area contributed by atoms with E-state index in [4.69, 9.17) is 16.0 Å². The normalized spacial score (nSPS) is 16.2. The zero-order valence-corrected chi connectivity index (χ0v) is 22.0. The highest BCUT2D eigenvalue weighted by Crippen LogP contribution is 2.37. The molecule has 1 aliphatic rings. The van der Waals surface area contributed by atoms with Crippen molar-refractivity contribution in [2.75, 3.05) is 18.5 Å². The van der Waals surface area contributed by atoms with Crippen LogP contribution in [0.5, 0.6) is 0 Å². The summed E-state index contributed by atoms with van der Waals surface area (Å²) >= 11 is 5.91. The molecule has 1 atom stereocenters. The van der Waals surface area contributed by atoms with E-state index in [1.54, 1.807) is 6.07 Å². The van der Waals surface area contributed by atoms with Gasteiger partial charge in [0, 0.05) is 24.1 Å². The van der Waals surface area contributed by atoms with Gasteiger partial charge in [-0.05, 0) is 41.9 Å². The van der Waals surface area contributed by atoms with Gasteiger partial charge in [0.2, 0.25) is 5.84 Å². The quantitative estimate of drug-likeness (QED) is 0.526. The monoisotopic (exact) mass is 507 g/mol. The first-order chi connectivity index (χ1) is 15.3. The molecule has 1 unspecified atom stereocenters. The van der Waals surface area contributed by atoms with Crippen LogP contribution in [-0.4, -0.2) is 41.6 Å². The molecule has 2 aromatic carbocycles. The number of amidine groups is 1. The molecule has 3 rings (SSSR count). The molecule has 0 bridgehead atoms. The lowest BCUT2D eigenvalue weighted by Crippen LogP contribution is -2.44. The third kappa shape index (κ3) is 6.03. The predicted molar refractivity (Wildman–Crippen MR) is 135 cm³/mol. The molecule has 0 aromatic heterocycles. The summed E-state index contributed by atoms with van der Waals surface area (Å²) in [6.45, 7) is 11.6. The van der Waals surface area contributed by atoms with Gasteiger partial charge in [-0.25, -0.2) is 0 Å². The highest BCUT2D eigenvalue weighted by atomic mass is 35.5. The molecule has 0 aliphatic carbocycles. The molecule has 0 saturated carbocycles. The standard InChI is InChI=1S/C23H30ClN3O4SSi/c1-23(2,3)33(4,5)31-15-17(16-9-7-6-8-10-16)14-25-22(28)21-26-19-12-11-18(24)13-20(19)32(29,30)27-21/h6-13,17H,14-15H2,1-5H3,(H,25,28)(H,26,27). The fourth-order valence-corrected chi connectivity index (χ4v) is 5.48. The molecule has 1 aliphatic heterocycles. The molecule has 0 spiro atoms. The third-order valence-electron chi connectivity index (χ3n) is 6.13. The van der Waals surface area contributed by atoms with Gasteiger partial charge >= 0.3 is 0 Å². The highest BCUT2D eigenvalue weighted by Gasteiger charge is 2.38. The number of nitrogens with zero attached hydrogens (tertiary/aromatic N) is 1. The Bertz CT molecular complexity index is 1160. The Morgan fingerprint density at radius 1 is 1.18 bits per heavy atom. The number of fused-ring (bicyclic) bond motifs is 1. The molecule has 2 N–H and O–H groups in total. The Morgan fingerprint density at radius 2 is 1.85 bits per heavy atom. The van der Waals surface area contributed by atoms with Crippen molar-refractivity contribution < 1.29 is 17.6 Å². The van der Waals surface area contributed by atoms with Crippen LogP contribution < -0.4 is 10.6 Å². The van der Waals surface area contributed by atoms with Crippen molar-refractivity contribution in [1.29, 1.82) is 0 Å². The fourth-order valence-electron chi connectivity index (χ4n) is 3.05. The minimum Gasteiger partial charge on any atom is -0.416 e. The summed E-state index contributed by atoms with van der Waals surface area (Å²) < 4.78 is 35.1. The molecule has 0 radical (unpaired) electrons. The Kier molecular flexibility index (Phi) is 7.38. The van der Waals surface area contributed by atoms with Crippen molar-refractivity contribution in [2.45, 2.75) is 49.7 Å². The lowest BCUT2D eigenvalue weighted by Gasteiger charge is -2.37. The molecule has 33 heavy (non-hydrogen) atoms. The summed E-state index contributed by atoms with van der Waals surface area (Å²) in [7, 11) is -6.03. The zero-order valence-electron chi connectivity index (χ0n) is 19.5. The number of carbonyl (C=O) groups is 1. The fraction of sp³-hybridized carbons (Fsp3) is 0.391. The second-order valence-corrected chi connectivity index (χ2v) is 16.4. The summed E-state index contributed by atoms with van der Waals surface area (Å²) in [6, 6.07) is 14.2. The van der Waals surface area contributed by atoms with Gasteiger partial charge in [-0.15, -0.1) is 4.40 Å². The number of sulfonamides is 1. The van der Waals surface area contributed by atoms with E-state index in [-0.39, 0.29) is 38.9 Å². The van der Waals surface area contributed by atoms with Gasteiger partial charge in [-0.3, -0.25) is 4.79 Å². The number of rotatable bonds is 7. The van der Waals surface area contributed by atoms with Gasteiger partial charge in [-0.1, -0.05) is 62.7 Å². The first kappa shape index (κ1) is 25.4. The predicted octanol–water partition coefficient (Wildman–Crippen LogP) is 4.77.